The number of hydrazone groups is 1. The van der Waals surface area contributed by atoms with Crippen LogP contribution in [0.4, 0.5) is 0 Å². The Kier molecular flexibility index (Phi) is 3.88. The summed E-state index contributed by atoms with van der Waals surface area (Å²) in [7, 11) is 1.67. The first-order chi connectivity index (χ1) is 4.16. The van der Waals surface area contributed by atoms with Crippen molar-refractivity contribution in [1.29, 1.82) is 0 Å². The highest BCUT2D eigenvalue weighted by Gasteiger charge is 1.84. The van der Waals surface area contributed by atoms with Gasteiger partial charge in [-0.1, -0.05) is 11.6 Å². The molecule has 3 N–H and O–H groups in total. The third-order valence-corrected chi connectivity index (χ3v) is 0.759. The summed E-state index contributed by atoms with van der Waals surface area (Å²) in [5, 5.41) is 4.00. The zero-order chi connectivity index (χ0) is 7.28. The molecule has 0 heterocycles. The topological polar surface area (TPSA) is 50.4 Å². The van der Waals surface area contributed by atoms with Gasteiger partial charge in [0.05, 0.1) is 0 Å². The molecule has 0 spiro atoms. The lowest BCUT2D eigenvalue weighted by atomic mass is 10.5. The van der Waals surface area contributed by atoms with E-state index in [1.54, 1.807) is 20.0 Å². The molecule has 0 radical (unpaired) electrons. The van der Waals surface area contributed by atoms with Crippen molar-refractivity contribution in [2.24, 2.45) is 10.8 Å². The fourth-order valence-corrected chi connectivity index (χ4v) is 0.584. The van der Waals surface area contributed by atoms with E-state index in [1.165, 1.54) is 0 Å². The van der Waals surface area contributed by atoms with Crippen LogP contribution >= 0.6 is 11.6 Å². The van der Waals surface area contributed by atoms with Gasteiger partial charge in [0.25, 0.3) is 0 Å². The molecule has 4 heteroatoms. The number of allylic oxidation sites excluding steroid dienone is 2. The van der Waals surface area contributed by atoms with E-state index in [0.29, 0.717) is 10.9 Å². The van der Waals surface area contributed by atoms with E-state index in [4.69, 9.17) is 17.3 Å². The molecular weight excluding hydrogens is 138 g/mol. The molecule has 0 saturated heterocycles. The summed E-state index contributed by atoms with van der Waals surface area (Å²) in [6.45, 7) is 1.74. The molecule has 0 atom stereocenters. The summed E-state index contributed by atoms with van der Waals surface area (Å²) in [4.78, 5) is 0. The Morgan fingerprint density at radius 2 is 2.33 bits per heavy atom. The van der Waals surface area contributed by atoms with Gasteiger partial charge in [-0.05, 0) is 13.0 Å². The maximum Gasteiger partial charge on any atom is 0.150 e. The second-order valence-electron chi connectivity index (χ2n) is 1.55. The molecule has 3 nitrogen and oxygen atoms in total. The second-order valence-corrected chi connectivity index (χ2v) is 1.93. The number of rotatable bonds is 2. The van der Waals surface area contributed by atoms with Gasteiger partial charge in [0.1, 0.15) is 0 Å². The molecule has 52 valence electrons. The molecule has 0 aromatic carbocycles. The van der Waals surface area contributed by atoms with E-state index in [0.717, 1.165) is 0 Å². The van der Waals surface area contributed by atoms with Gasteiger partial charge in [0, 0.05) is 12.7 Å². The third kappa shape index (κ3) is 5.17. The molecule has 0 fully saturated rings. The van der Waals surface area contributed by atoms with Gasteiger partial charge in [0.15, 0.2) is 5.17 Å². The van der Waals surface area contributed by atoms with E-state index < -0.39 is 0 Å². The van der Waals surface area contributed by atoms with Crippen LogP contribution < -0.4 is 11.2 Å². The van der Waals surface area contributed by atoms with Gasteiger partial charge in [0.2, 0.25) is 0 Å². The highest BCUT2D eigenvalue weighted by molar-refractivity contribution is 6.68. The van der Waals surface area contributed by atoms with Crippen molar-refractivity contribution in [1.82, 2.24) is 5.43 Å². The fraction of sp³-hybridized carbons (Fsp3) is 0.400. The van der Waals surface area contributed by atoms with Crippen LogP contribution in [0.3, 0.4) is 0 Å². The zero-order valence-corrected chi connectivity index (χ0v) is 6.24. The molecule has 0 aliphatic heterocycles. The molecule has 0 bridgehead atoms. The minimum absolute atomic E-state index is 0.359. The molecule has 0 saturated carbocycles. The minimum Gasteiger partial charge on any atom is -0.402 e. The fourth-order valence-electron chi connectivity index (χ4n) is 0.327. The quantitative estimate of drug-likeness (QED) is 0.445. The number of halogens is 1. The van der Waals surface area contributed by atoms with Gasteiger partial charge >= 0.3 is 0 Å². The van der Waals surface area contributed by atoms with Crippen molar-refractivity contribution in [2.75, 3.05) is 7.05 Å². The number of nitrogens with one attached hydrogen (secondary N) is 1. The third-order valence-electron chi connectivity index (χ3n) is 0.565. The average molecular weight is 148 g/mol. The van der Waals surface area contributed by atoms with Crippen LogP contribution in [0.1, 0.15) is 6.92 Å². The summed E-state index contributed by atoms with van der Waals surface area (Å²) in [6.07, 6.45) is 1.57. The first-order valence-electron chi connectivity index (χ1n) is 2.50. The van der Waals surface area contributed by atoms with Gasteiger partial charge in [-0.2, -0.15) is 5.10 Å². The number of hydrogen-bond acceptors (Lipinski definition) is 3. The standard InChI is InChI=1S/C5H10ClN3/c1-4(7)3-5(6)9-8-2/h3,8H,7H2,1-2H3. The molecule has 0 unspecified atom stereocenters. The van der Waals surface area contributed by atoms with Crippen molar-refractivity contribution in [3.8, 4) is 0 Å². The van der Waals surface area contributed by atoms with Crippen LogP contribution in [0.5, 0.6) is 0 Å². The Labute approximate surface area is 59.6 Å². The smallest absolute Gasteiger partial charge is 0.150 e. The predicted molar refractivity (Wildman–Crippen MR) is 40.3 cm³/mol. The lowest BCUT2D eigenvalue weighted by Gasteiger charge is -1.89. The van der Waals surface area contributed by atoms with Gasteiger partial charge in [-0.3, -0.25) is 0 Å². The molecule has 0 aromatic rings. The second kappa shape index (κ2) is 4.21. The molecule has 0 aliphatic rings. The zero-order valence-electron chi connectivity index (χ0n) is 5.48. The van der Waals surface area contributed by atoms with Crippen LogP contribution in [-0.4, -0.2) is 12.2 Å². The maximum atomic E-state index is 5.51. The van der Waals surface area contributed by atoms with E-state index in [2.05, 4.69) is 10.5 Å². The Balaban J connectivity index is 3.90. The Bertz CT molecular complexity index is 135. The number of hydrogen-bond donors (Lipinski definition) is 2. The SMILES string of the molecule is CNN=C(Cl)C=C(C)N. The van der Waals surface area contributed by atoms with Crippen molar-refractivity contribution in [3.05, 3.63) is 11.8 Å². The van der Waals surface area contributed by atoms with Crippen LogP contribution in [0.15, 0.2) is 16.9 Å². The predicted octanol–water partition coefficient (Wildman–Crippen LogP) is 0.621. The normalized spacial score (nSPS) is 13.7. The van der Waals surface area contributed by atoms with Crippen molar-refractivity contribution in [2.45, 2.75) is 6.92 Å². The van der Waals surface area contributed by atoms with Gasteiger partial charge in [-0.25, -0.2) is 0 Å². The summed E-state index contributed by atoms with van der Waals surface area (Å²) in [5.41, 5.74) is 8.46. The summed E-state index contributed by atoms with van der Waals surface area (Å²) >= 11 is 5.51. The average Bonchev–Trinajstić information content (AvgIpc) is 1.63. The first kappa shape index (κ1) is 8.30. The molecule has 0 aromatic heterocycles. The lowest BCUT2D eigenvalue weighted by molar-refractivity contribution is 0.906. The van der Waals surface area contributed by atoms with Crippen molar-refractivity contribution >= 4 is 16.8 Å². The maximum absolute atomic E-state index is 5.51. The largest absolute Gasteiger partial charge is 0.402 e. The van der Waals surface area contributed by atoms with E-state index in [1.807, 2.05) is 0 Å². The van der Waals surface area contributed by atoms with Crippen molar-refractivity contribution < 1.29 is 0 Å². The molecule has 0 rings (SSSR count). The van der Waals surface area contributed by atoms with Gasteiger partial charge in [-0.15, -0.1) is 0 Å². The summed E-state index contributed by atoms with van der Waals surface area (Å²) in [6, 6.07) is 0. The Morgan fingerprint density at radius 1 is 1.78 bits per heavy atom. The van der Waals surface area contributed by atoms with Crippen LogP contribution in [0.25, 0.3) is 0 Å². The molecular formula is C5H10ClN3. The number of nitrogens with two attached hydrogens (primary N) is 1. The van der Waals surface area contributed by atoms with Crippen LogP contribution in [0, 0.1) is 0 Å². The Morgan fingerprint density at radius 3 is 2.67 bits per heavy atom. The lowest BCUT2D eigenvalue weighted by Crippen LogP contribution is -1.99. The van der Waals surface area contributed by atoms with Crippen LogP contribution in [-0.2, 0) is 0 Å². The van der Waals surface area contributed by atoms with Crippen molar-refractivity contribution in [3.63, 3.8) is 0 Å². The summed E-state index contributed by atoms with van der Waals surface area (Å²) < 4.78 is 0. The molecule has 0 aliphatic carbocycles. The molecule has 0 amide bonds. The van der Waals surface area contributed by atoms with E-state index in [-0.39, 0.29) is 0 Å². The summed E-state index contributed by atoms with van der Waals surface area (Å²) in [5.74, 6) is 0. The monoisotopic (exact) mass is 147 g/mol. The Hall–Kier alpha value is -0.700. The van der Waals surface area contributed by atoms with E-state index >= 15 is 0 Å². The highest BCUT2D eigenvalue weighted by atomic mass is 35.5. The van der Waals surface area contributed by atoms with Gasteiger partial charge < -0.3 is 11.2 Å². The highest BCUT2D eigenvalue weighted by Crippen LogP contribution is 1.88. The van der Waals surface area contributed by atoms with Crippen LogP contribution in [0.2, 0.25) is 0 Å². The van der Waals surface area contributed by atoms with E-state index in [9.17, 15) is 0 Å². The number of nitrogens with zero attached hydrogens (tertiary/aromatic N) is 1. The molecule has 9 heavy (non-hydrogen) atoms. The minimum atomic E-state index is 0.359. The first-order valence-corrected chi connectivity index (χ1v) is 2.88.